The minimum atomic E-state index is -0.135. The molecule has 1 aromatic rings. The molecule has 3 heteroatoms. The quantitative estimate of drug-likeness (QED) is 0.894. The van der Waals surface area contributed by atoms with Gasteiger partial charge in [0.15, 0.2) is 0 Å². The van der Waals surface area contributed by atoms with Gasteiger partial charge in [0.25, 0.3) is 0 Å². The summed E-state index contributed by atoms with van der Waals surface area (Å²) in [7, 11) is 0. The Morgan fingerprint density at radius 1 is 1.29 bits per heavy atom. The van der Waals surface area contributed by atoms with Gasteiger partial charge in [-0.05, 0) is 58.8 Å². The summed E-state index contributed by atoms with van der Waals surface area (Å²) in [5.41, 5.74) is 8.12. The van der Waals surface area contributed by atoms with Crippen molar-refractivity contribution in [3.05, 3.63) is 33.5 Å². The van der Waals surface area contributed by atoms with E-state index < -0.39 is 0 Å². The van der Waals surface area contributed by atoms with E-state index in [0.29, 0.717) is 4.47 Å². The molecule has 0 spiro atoms. The largest absolute Gasteiger partial charge is 0.327 e. The number of nitrogens with two attached hydrogens (primary N) is 1. The molecule has 0 aromatic heterocycles. The van der Waals surface area contributed by atoms with Gasteiger partial charge in [0, 0.05) is 11.5 Å². The summed E-state index contributed by atoms with van der Waals surface area (Å²) < 4.78 is 14.5. The van der Waals surface area contributed by atoms with Crippen molar-refractivity contribution >= 4 is 15.9 Å². The van der Waals surface area contributed by atoms with Gasteiger partial charge in [-0.3, -0.25) is 0 Å². The van der Waals surface area contributed by atoms with Crippen LogP contribution in [0.25, 0.3) is 0 Å². The second-order valence-electron chi connectivity index (χ2n) is 5.46. The fourth-order valence-electron chi connectivity index (χ4n) is 2.46. The highest BCUT2D eigenvalue weighted by molar-refractivity contribution is 9.10. The van der Waals surface area contributed by atoms with Gasteiger partial charge in [0.05, 0.1) is 4.47 Å². The van der Waals surface area contributed by atoms with Crippen molar-refractivity contribution in [2.24, 2.45) is 5.73 Å². The SMILES string of the molecule is CC(C)c1cc(C2(C(C)N)CC2)cc(Br)c1F. The van der Waals surface area contributed by atoms with E-state index in [2.05, 4.69) is 15.9 Å². The third-order valence-corrected chi connectivity index (χ3v) is 4.49. The molecule has 0 amide bonds. The molecular formula is C14H19BrFN. The van der Waals surface area contributed by atoms with E-state index in [0.717, 1.165) is 18.4 Å². The van der Waals surface area contributed by atoms with Crippen molar-refractivity contribution in [1.29, 1.82) is 0 Å². The maximum absolute atomic E-state index is 14.0. The maximum Gasteiger partial charge on any atom is 0.140 e. The molecule has 1 aliphatic carbocycles. The molecule has 1 aromatic carbocycles. The van der Waals surface area contributed by atoms with Crippen LogP contribution >= 0.6 is 15.9 Å². The van der Waals surface area contributed by atoms with Gasteiger partial charge in [-0.2, -0.15) is 0 Å². The number of halogens is 2. The van der Waals surface area contributed by atoms with Crippen molar-refractivity contribution in [2.75, 3.05) is 0 Å². The van der Waals surface area contributed by atoms with E-state index >= 15 is 0 Å². The van der Waals surface area contributed by atoms with Crippen LogP contribution in [0.3, 0.4) is 0 Å². The third-order valence-electron chi connectivity index (χ3n) is 3.91. The van der Waals surface area contributed by atoms with Gasteiger partial charge >= 0.3 is 0 Å². The lowest BCUT2D eigenvalue weighted by Gasteiger charge is -2.22. The van der Waals surface area contributed by atoms with Gasteiger partial charge in [-0.15, -0.1) is 0 Å². The molecule has 0 bridgehead atoms. The first-order valence-electron chi connectivity index (χ1n) is 6.13. The highest BCUT2D eigenvalue weighted by Gasteiger charge is 2.47. The van der Waals surface area contributed by atoms with Crippen LogP contribution in [-0.4, -0.2) is 6.04 Å². The van der Waals surface area contributed by atoms with Crippen LogP contribution in [-0.2, 0) is 5.41 Å². The predicted octanol–water partition coefficient (Wildman–Crippen LogP) is 4.09. The summed E-state index contributed by atoms with van der Waals surface area (Å²) >= 11 is 3.32. The zero-order valence-electron chi connectivity index (χ0n) is 10.6. The lowest BCUT2D eigenvalue weighted by atomic mass is 9.87. The maximum atomic E-state index is 14.0. The molecule has 0 heterocycles. The summed E-state index contributed by atoms with van der Waals surface area (Å²) in [6.45, 7) is 6.07. The highest BCUT2D eigenvalue weighted by atomic mass is 79.9. The van der Waals surface area contributed by atoms with E-state index in [1.54, 1.807) is 0 Å². The average Bonchev–Trinajstić information content (AvgIpc) is 3.02. The van der Waals surface area contributed by atoms with E-state index in [4.69, 9.17) is 5.73 Å². The molecule has 0 aliphatic heterocycles. The number of benzene rings is 1. The molecule has 2 rings (SSSR count). The monoisotopic (exact) mass is 299 g/mol. The van der Waals surface area contributed by atoms with Gasteiger partial charge in [0.1, 0.15) is 5.82 Å². The van der Waals surface area contributed by atoms with Crippen molar-refractivity contribution in [1.82, 2.24) is 0 Å². The van der Waals surface area contributed by atoms with Crippen LogP contribution in [0.15, 0.2) is 16.6 Å². The van der Waals surface area contributed by atoms with Crippen LogP contribution in [0, 0.1) is 5.82 Å². The smallest absolute Gasteiger partial charge is 0.140 e. The number of rotatable bonds is 3. The fourth-order valence-corrected chi connectivity index (χ4v) is 2.94. The number of hydrogen-bond donors (Lipinski definition) is 1. The lowest BCUT2D eigenvalue weighted by Crippen LogP contribution is -2.31. The molecule has 1 fully saturated rings. The van der Waals surface area contributed by atoms with E-state index in [1.165, 1.54) is 5.56 Å². The number of hydrogen-bond acceptors (Lipinski definition) is 1. The van der Waals surface area contributed by atoms with Crippen LogP contribution < -0.4 is 5.73 Å². The molecule has 1 unspecified atom stereocenters. The Labute approximate surface area is 111 Å². The summed E-state index contributed by atoms with van der Waals surface area (Å²) in [5, 5.41) is 0. The zero-order chi connectivity index (χ0) is 12.8. The highest BCUT2D eigenvalue weighted by Crippen LogP contribution is 2.51. The van der Waals surface area contributed by atoms with E-state index in [1.807, 2.05) is 32.9 Å². The summed E-state index contributed by atoms with van der Waals surface area (Å²) in [5.74, 6) is 0.0550. The molecule has 94 valence electrons. The van der Waals surface area contributed by atoms with Crippen molar-refractivity contribution < 1.29 is 4.39 Å². The first kappa shape index (κ1) is 13.0. The summed E-state index contributed by atoms with van der Waals surface area (Å²) in [4.78, 5) is 0. The zero-order valence-corrected chi connectivity index (χ0v) is 12.1. The molecule has 0 radical (unpaired) electrons. The Hall–Kier alpha value is -0.410. The van der Waals surface area contributed by atoms with Gasteiger partial charge in [-0.25, -0.2) is 4.39 Å². The van der Waals surface area contributed by atoms with Gasteiger partial charge in [-0.1, -0.05) is 19.9 Å². The fraction of sp³-hybridized carbons (Fsp3) is 0.571. The minimum Gasteiger partial charge on any atom is -0.327 e. The van der Waals surface area contributed by atoms with E-state index in [9.17, 15) is 4.39 Å². The standard InChI is InChI=1S/C14H19BrFN/c1-8(2)11-6-10(7-12(15)13(11)16)14(4-5-14)9(3)17/h6-9H,4-5,17H2,1-3H3. The molecule has 1 atom stereocenters. The van der Waals surface area contributed by atoms with Crippen LogP contribution in [0.1, 0.15) is 50.7 Å². The minimum absolute atomic E-state index is 0.0832. The average molecular weight is 300 g/mol. The molecule has 2 N–H and O–H groups in total. The molecule has 1 saturated carbocycles. The molecular weight excluding hydrogens is 281 g/mol. The van der Waals surface area contributed by atoms with Gasteiger partial charge in [0.2, 0.25) is 0 Å². The topological polar surface area (TPSA) is 26.0 Å². The van der Waals surface area contributed by atoms with Crippen LogP contribution in [0.2, 0.25) is 0 Å². The van der Waals surface area contributed by atoms with Crippen molar-refractivity contribution in [2.45, 2.75) is 51.0 Å². The second-order valence-corrected chi connectivity index (χ2v) is 6.32. The Morgan fingerprint density at radius 2 is 1.88 bits per heavy atom. The van der Waals surface area contributed by atoms with Crippen molar-refractivity contribution in [3.63, 3.8) is 0 Å². The molecule has 1 aliphatic rings. The van der Waals surface area contributed by atoms with Gasteiger partial charge < -0.3 is 5.73 Å². The normalized spacial score (nSPS) is 19.5. The van der Waals surface area contributed by atoms with Crippen molar-refractivity contribution in [3.8, 4) is 0 Å². The Balaban J connectivity index is 2.50. The van der Waals surface area contributed by atoms with E-state index in [-0.39, 0.29) is 23.2 Å². The Kier molecular flexibility index (Phi) is 3.34. The third kappa shape index (κ3) is 2.15. The van der Waals surface area contributed by atoms with Crippen LogP contribution in [0.4, 0.5) is 4.39 Å². The molecule has 17 heavy (non-hydrogen) atoms. The first-order chi connectivity index (χ1) is 7.88. The lowest BCUT2D eigenvalue weighted by molar-refractivity contribution is 0.547. The summed E-state index contributed by atoms with van der Waals surface area (Å²) in [6.07, 6.45) is 2.22. The molecule has 0 saturated heterocycles. The second kappa shape index (κ2) is 4.36. The first-order valence-corrected chi connectivity index (χ1v) is 6.93. The Bertz CT molecular complexity index is 436. The Morgan fingerprint density at radius 3 is 2.29 bits per heavy atom. The predicted molar refractivity (Wildman–Crippen MR) is 72.8 cm³/mol. The van der Waals surface area contributed by atoms with Crippen LogP contribution in [0.5, 0.6) is 0 Å². The molecule has 1 nitrogen and oxygen atoms in total. The summed E-state index contributed by atoms with van der Waals surface area (Å²) in [6, 6.07) is 4.03.